The van der Waals surface area contributed by atoms with E-state index in [-0.39, 0.29) is 50.5 Å². The molecule has 2 aromatic rings. The standard InChI is InChI=1S/C37H45Br2N3O8S/c1-5-22-18-37(22,35(46)41-51(47,48)24-10-11-24)19-29(43)28-16-23-20-42(28)34(45)26(36(2,3)4)17-30(44)49-14-8-6-7-9-21-15-27(38)25-12-13-40-33(50-23)31(25)32(21)39/h5,12-13,15,22-24,26,28H,1,6-11,14,16-20H2,2-4H3,(H,41,46)/t22-,23-,26-,28+,37-/m1/s1. The van der Waals surface area contributed by atoms with Gasteiger partial charge < -0.3 is 14.4 Å². The number of fused-ring (bicyclic) bond motifs is 3. The Kier molecular flexibility index (Phi) is 10.8. The molecule has 1 aromatic carbocycles. The molecule has 3 heterocycles. The zero-order valence-electron chi connectivity index (χ0n) is 29.2. The first-order chi connectivity index (χ1) is 24.1. The molecule has 2 saturated carbocycles. The number of carbonyl (C=O) groups is 4. The molecule has 6 rings (SSSR count). The lowest BCUT2D eigenvalue weighted by molar-refractivity contribution is -0.153. The molecule has 0 spiro atoms. The summed E-state index contributed by atoms with van der Waals surface area (Å²) in [5.41, 5.74) is -0.876. The van der Waals surface area contributed by atoms with Crippen molar-refractivity contribution >= 4 is 76.2 Å². The van der Waals surface area contributed by atoms with Crippen molar-refractivity contribution in [3.8, 4) is 5.88 Å². The van der Waals surface area contributed by atoms with E-state index in [9.17, 15) is 27.6 Å². The number of benzene rings is 1. The third kappa shape index (κ3) is 7.93. The quantitative estimate of drug-likeness (QED) is 0.254. The van der Waals surface area contributed by atoms with Crippen LogP contribution in [0.4, 0.5) is 0 Å². The number of pyridine rings is 1. The monoisotopic (exact) mass is 849 g/mol. The molecule has 1 N–H and O–H groups in total. The van der Waals surface area contributed by atoms with Crippen LogP contribution in [0.1, 0.15) is 84.1 Å². The number of ketones is 1. The van der Waals surface area contributed by atoms with E-state index in [0.717, 1.165) is 44.5 Å². The maximum Gasteiger partial charge on any atom is 0.306 e. The van der Waals surface area contributed by atoms with Crippen LogP contribution in [0.15, 0.2) is 39.9 Å². The molecule has 11 nitrogen and oxygen atoms in total. The number of cyclic esters (lactones) is 1. The number of ether oxygens (including phenoxy) is 2. The SMILES string of the molecule is C=C[C@@H]1C[C@]1(CC(=O)[C@@H]1C[C@@H]2CN1C(=O)[C@H](C(C)(C)C)CC(=O)OCCCCCc1cc(Br)c3ccnc(c3c1Br)O2)C(=O)NS(=O)(=O)C1CC1. The smallest absolute Gasteiger partial charge is 0.306 e. The predicted molar refractivity (Wildman–Crippen MR) is 198 cm³/mol. The Bertz CT molecular complexity index is 1870. The first-order valence-corrected chi connectivity index (χ1v) is 20.8. The lowest BCUT2D eigenvalue weighted by atomic mass is 9.77. The van der Waals surface area contributed by atoms with Gasteiger partial charge in [-0.2, -0.15) is 0 Å². The van der Waals surface area contributed by atoms with Crippen molar-refractivity contribution in [3.63, 3.8) is 0 Å². The van der Waals surface area contributed by atoms with Crippen LogP contribution in [0, 0.1) is 22.7 Å². The van der Waals surface area contributed by atoms with Gasteiger partial charge in [0.05, 0.1) is 47.6 Å². The molecule has 14 heteroatoms. The number of hydrogen-bond donors (Lipinski definition) is 1. The lowest BCUT2D eigenvalue weighted by Crippen LogP contribution is -2.48. The summed E-state index contributed by atoms with van der Waals surface area (Å²) in [6.07, 6.45) is 6.70. The van der Waals surface area contributed by atoms with E-state index in [1.807, 2.05) is 26.8 Å². The van der Waals surface area contributed by atoms with E-state index in [0.29, 0.717) is 25.1 Å². The largest absolute Gasteiger partial charge is 0.472 e. The maximum atomic E-state index is 14.5. The molecule has 4 bridgehead atoms. The highest BCUT2D eigenvalue weighted by Crippen LogP contribution is 2.57. The number of nitrogens with one attached hydrogen (secondary N) is 1. The number of rotatable bonds is 7. The number of allylic oxidation sites excluding steroid dienone is 1. The highest BCUT2D eigenvalue weighted by Gasteiger charge is 2.61. The molecule has 5 atom stereocenters. The van der Waals surface area contributed by atoms with Crippen molar-refractivity contribution in [1.82, 2.24) is 14.6 Å². The average molecular weight is 852 g/mol. The Morgan fingerprint density at radius 2 is 1.92 bits per heavy atom. The van der Waals surface area contributed by atoms with Crippen molar-refractivity contribution < 1.29 is 37.1 Å². The number of halogens is 2. The van der Waals surface area contributed by atoms with Crippen molar-refractivity contribution in [3.05, 3.63) is 45.5 Å². The number of carbonyl (C=O) groups excluding carboxylic acids is 4. The van der Waals surface area contributed by atoms with Crippen molar-refractivity contribution in [2.75, 3.05) is 13.2 Å². The molecule has 2 amide bonds. The van der Waals surface area contributed by atoms with Crippen molar-refractivity contribution in [1.29, 1.82) is 0 Å². The van der Waals surface area contributed by atoms with Crippen LogP contribution in [0.5, 0.6) is 5.88 Å². The molecule has 0 unspecified atom stereocenters. The molecule has 1 aromatic heterocycles. The second kappa shape index (κ2) is 14.5. The third-order valence-corrected chi connectivity index (χ3v) is 14.2. The Hall–Kier alpha value is -2.84. The van der Waals surface area contributed by atoms with Crippen LogP contribution in [-0.4, -0.2) is 72.4 Å². The summed E-state index contributed by atoms with van der Waals surface area (Å²) < 4.78 is 41.6. The minimum atomic E-state index is -3.84. The lowest BCUT2D eigenvalue weighted by Gasteiger charge is -2.34. The molecule has 2 aliphatic heterocycles. The third-order valence-electron chi connectivity index (χ3n) is 10.8. The molecule has 4 aliphatic rings. The average Bonchev–Trinajstić information content (AvgIpc) is 3.99. The van der Waals surface area contributed by atoms with Gasteiger partial charge in [0.25, 0.3) is 0 Å². The van der Waals surface area contributed by atoms with E-state index in [2.05, 4.69) is 54.2 Å². The fourth-order valence-electron chi connectivity index (χ4n) is 7.45. The Balaban J connectivity index is 1.36. The fraction of sp³-hybridized carbons (Fsp3) is 0.595. The molecule has 3 fully saturated rings. The van der Waals surface area contributed by atoms with Gasteiger partial charge >= 0.3 is 5.97 Å². The first-order valence-electron chi connectivity index (χ1n) is 17.7. The van der Waals surface area contributed by atoms with Gasteiger partial charge in [0.15, 0.2) is 5.78 Å². The normalized spacial score (nSPS) is 27.7. The van der Waals surface area contributed by atoms with Crippen LogP contribution >= 0.6 is 31.9 Å². The van der Waals surface area contributed by atoms with Crippen LogP contribution < -0.4 is 9.46 Å². The molecule has 51 heavy (non-hydrogen) atoms. The van der Waals surface area contributed by atoms with Gasteiger partial charge in [-0.15, -0.1) is 6.58 Å². The zero-order valence-corrected chi connectivity index (χ0v) is 33.2. The minimum Gasteiger partial charge on any atom is -0.472 e. The topological polar surface area (TPSA) is 149 Å². The van der Waals surface area contributed by atoms with E-state index in [1.165, 1.54) is 4.90 Å². The second-order valence-corrected chi connectivity index (χ2v) is 19.1. The highest BCUT2D eigenvalue weighted by atomic mass is 79.9. The van der Waals surface area contributed by atoms with Gasteiger partial charge in [-0.05, 0) is 89.9 Å². The molecule has 1 saturated heterocycles. The van der Waals surface area contributed by atoms with E-state index in [4.69, 9.17) is 9.47 Å². The molecule has 276 valence electrons. The van der Waals surface area contributed by atoms with E-state index < -0.39 is 62.0 Å². The van der Waals surface area contributed by atoms with Crippen molar-refractivity contribution in [2.45, 2.75) is 102 Å². The summed E-state index contributed by atoms with van der Waals surface area (Å²) in [4.78, 5) is 61.7. The number of esters is 1. The summed E-state index contributed by atoms with van der Waals surface area (Å²) in [5.74, 6) is -2.78. The van der Waals surface area contributed by atoms with Crippen LogP contribution in [-0.2, 0) is 40.4 Å². The van der Waals surface area contributed by atoms with Gasteiger partial charge in [0.1, 0.15) is 6.10 Å². The molecular formula is C37H45Br2N3O8S. The Labute approximate surface area is 316 Å². The predicted octanol–water partition coefficient (Wildman–Crippen LogP) is 6.19. The summed E-state index contributed by atoms with van der Waals surface area (Å²) >= 11 is 7.53. The van der Waals surface area contributed by atoms with Gasteiger partial charge in [-0.1, -0.05) is 42.8 Å². The first kappa shape index (κ1) is 37.9. The maximum absolute atomic E-state index is 14.5. The number of aromatic nitrogens is 1. The van der Waals surface area contributed by atoms with Gasteiger partial charge in [0, 0.05) is 33.4 Å². The molecule has 0 radical (unpaired) electrons. The van der Waals surface area contributed by atoms with Gasteiger partial charge in [0.2, 0.25) is 27.7 Å². The van der Waals surface area contributed by atoms with E-state index >= 15 is 0 Å². The summed E-state index contributed by atoms with van der Waals surface area (Å²) in [6, 6.07) is 2.98. The number of sulfonamides is 1. The number of aryl methyl sites for hydroxylation is 1. The van der Waals surface area contributed by atoms with Crippen LogP contribution in [0.2, 0.25) is 0 Å². The Morgan fingerprint density at radius 1 is 1.18 bits per heavy atom. The summed E-state index contributed by atoms with van der Waals surface area (Å²) in [5, 5.41) is 1.06. The zero-order chi connectivity index (χ0) is 36.9. The van der Waals surface area contributed by atoms with E-state index in [1.54, 1.807) is 12.3 Å². The number of Topliss-reactive ketones (excluding diaryl/α,β-unsaturated/α-hetero) is 1. The molecule has 2 aliphatic carbocycles. The number of nitrogens with zero attached hydrogens (tertiary/aromatic N) is 2. The fourth-order valence-corrected chi connectivity index (χ4v) is 10.1. The molecular weight excluding hydrogens is 806 g/mol. The Morgan fingerprint density at radius 3 is 2.59 bits per heavy atom. The summed E-state index contributed by atoms with van der Waals surface area (Å²) in [6.45, 7) is 9.74. The van der Waals surface area contributed by atoms with Crippen LogP contribution in [0.3, 0.4) is 0 Å². The van der Waals surface area contributed by atoms with Gasteiger partial charge in [-0.3, -0.25) is 23.9 Å². The van der Waals surface area contributed by atoms with Gasteiger partial charge in [-0.25, -0.2) is 13.4 Å². The second-order valence-electron chi connectivity index (χ2n) is 15.5. The summed E-state index contributed by atoms with van der Waals surface area (Å²) in [7, 11) is -3.84. The van der Waals surface area contributed by atoms with Crippen LogP contribution in [0.25, 0.3) is 10.8 Å². The number of hydrogen-bond acceptors (Lipinski definition) is 9. The number of amides is 2. The highest BCUT2D eigenvalue weighted by molar-refractivity contribution is 9.11. The minimum absolute atomic E-state index is 0.0492. The van der Waals surface area contributed by atoms with Crippen molar-refractivity contribution in [2.24, 2.45) is 22.7 Å².